The Balaban J connectivity index is 1.12. The summed E-state index contributed by atoms with van der Waals surface area (Å²) in [5.41, 5.74) is 0. The molecule has 0 aromatic heterocycles. The van der Waals surface area contributed by atoms with Gasteiger partial charge in [-0.15, -0.1) is 0 Å². The Morgan fingerprint density at radius 2 is 1.49 bits per heavy atom. The molecule has 0 aromatic rings. The van der Waals surface area contributed by atoms with Crippen molar-refractivity contribution in [2.24, 2.45) is 0 Å². The summed E-state index contributed by atoms with van der Waals surface area (Å²) >= 11 is 0. The number of ether oxygens (including phenoxy) is 4. The highest BCUT2D eigenvalue weighted by Crippen LogP contribution is 2.12. The Hall–Kier alpha value is -2.97. The fourth-order valence-corrected chi connectivity index (χ4v) is 3.74. The van der Waals surface area contributed by atoms with Gasteiger partial charge in [-0.05, 0) is 25.9 Å². The number of hydrogen-bond donors (Lipinski definition) is 2. The van der Waals surface area contributed by atoms with E-state index in [2.05, 4.69) is 10.6 Å². The lowest BCUT2D eigenvalue weighted by Crippen LogP contribution is -2.46. The average molecular weight is 523 g/mol. The molecule has 5 amide bonds. The SMILES string of the molecule is O=C(CCN1C(=O)C=CC1=O)NC1CCOC(COCCOCCCNCCCN2C(=O)C=CC2=O)O1. The summed E-state index contributed by atoms with van der Waals surface area (Å²) in [5, 5.41) is 5.98. The molecule has 13 heteroatoms. The van der Waals surface area contributed by atoms with Gasteiger partial charge in [0, 0.05) is 56.8 Å². The summed E-state index contributed by atoms with van der Waals surface area (Å²) in [5.74, 6) is -1.67. The number of amides is 5. The van der Waals surface area contributed by atoms with Gasteiger partial charge in [-0.3, -0.25) is 33.8 Å². The molecule has 2 N–H and O–H groups in total. The van der Waals surface area contributed by atoms with Crippen molar-refractivity contribution in [3.63, 3.8) is 0 Å². The summed E-state index contributed by atoms with van der Waals surface area (Å²) in [6.45, 7) is 3.84. The van der Waals surface area contributed by atoms with Crippen LogP contribution in [-0.2, 0) is 42.9 Å². The molecule has 2 unspecified atom stereocenters. The maximum atomic E-state index is 12.1. The van der Waals surface area contributed by atoms with Crippen LogP contribution in [0.1, 0.15) is 25.7 Å². The quantitative estimate of drug-likeness (QED) is 0.177. The van der Waals surface area contributed by atoms with Crippen LogP contribution < -0.4 is 10.6 Å². The number of carbonyl (C=O) groups excluding carboxylic acids is 5. The van der Waals surface area contributed by atoms with Crippen LogP contribution in [0.4, 0.5) is 0 Å². The predicted octanol–water partition coefficient (Wildman–Crippen LogP) is -1.17. The molecule has 0 aliphatic carbocycles. The lowest BCUT2D eigenvalue weighted by Gasteiger charge is -2.30. The van der Waals surface area contributed by atoms with E-state index in [0.717, 1.165) is 17.9 Å². The van der Waals surface area contributed by atoms with Crippen molar-refractivity contribution in [3.8, 4) is 0 Å². The van der Waals surface area contributed by atoms with Gasteiger partial charge in [0.1, 0.15) is 6.23 Å². The Bertz CT molecular complexity index is 855. The average Bonchev–Trinajstić information content (AvgIpc) is 3.38. The van der Waals surface area contributed by atoms with E-state index in [-0.39, 0.29) is 37.3 Å². The third kappa shape index (κ3) is 9.78. The monoisotopic (exact) mass is 522 g/mol. The van der Waals surface area contributed by atoms with Gasteiger partial charge in [0.15, 0.2) is 6.29 Å². The molecule has 0 saturated carbocycles. The van der Waals surface area contributed by atoms with Crippen LogP contribution >= 0.6 is 0 Å². The predicted molar refractivity (Wildman–Crippen MR) is 127 cm³/mol. The molecule has 37 heavy (non-hydrogen) atoms. The van der Waals surface area contributed by atoms with Crippen molar-refractivity contribution < 1.29 is 42.9 Å². The van der Waals surface area contributed by atoms with Gasteiger partial charge in [-0.25, -0.2) is 0 Å². The Labute approximate surface area is 215 Å². The van der Waals surface area contributed by atoms with Gasteiger partial charge in [0.2, 0.25) is 5.91 Å². The van der Waals surface area contributed by atoms with Crippen molar-refractivity contribution in [1.29, 1.82) is 0 Å². The van der Waals surface area contributed by atoms with Gasteiger partial charge in [-0.1, -0.05) is 0 Å². The topological polar surface area (TPSA) is 153 Å². The first-order valence-electron chi connectivity index (χ1n) is 12.4. The fraction of sp³-hybridized carbons (Fsp3) is 0.625. The molecule has 3 rings (SSSR count). The highest BCUT2D eigenvalue weighted by atomic mass is 16.7. The van der Waals surface area contributed by atoms with E-state index in [1.165, 1.54) is 29.2 Å². The van der Waals surface area contributed by atoms with Gasteiger partial charge in [0.05, 0.1) is 26.4 Å². The third-order valence-electron chi connectivity index (χ3n) is 5.69. The van der Waals surface area contributed by atoms with E-state index in [1.54, 1.807) is 0 Å². The van der Waals surface area contributed by atoms with Crippen LogP contribution in [0.25, 0.3) is 0 Å². The van der Waals surface area contributed by atoms with Crippen LogP contribution in [0.5, 0.6) is 0 Å². The maximum absolute atomic E-state index is 12.1. The van der Waals surface area contributed by atoms with Crippen molar-refractivity contribution in [2.75, 3.05) is 59.2 Å². The number of hydrogen-bond acceptors (Lipinski definition) is 10. The van der Waals surface area contributed by atoms with Gasteiger partial charge < -0.3 is 29.6 Å². The van der Waals surface area contributed by atoms with E-state index in [9.17, 15) is 24.0 Å². The molecule has 204 valence electrons. The normalized spacial score (nSPS) is 21.5. The number of nitrogens with one attached hydrogen (secondary N) is 2. The van der Waals surface area contributed by atoms with E-state index in [0.29, 0.717) is 52.4 Å². The van der Waals surface area contributed by atoms with Crippen LogP contribution in [0.2, 0.25) is 0 Å². The minimum absolute atomic E-state index is 0.00770. The highest BCUT2D eigenvalue weighted by Gasteiger charge is 2.27. The summed E-state index contributed by atoms with van der Waals surface area (Å²) in [4.78, 5) is 60.3. The van der Waals surface area contributed by atoms with Crippen LogP contribution in [0.3, 0.4) is 0 Å². The molecule has 1 saturated heterocycles. The molecule has 3 heterocycles. The van der Waals surface area contributed by atoms with E-state index < -0.39 is 24.3 Å². The molecule has 0 radical (unpaired) electrons. The number of nitrogens with zero attached hydrogens (tertiary/aromatic N) is 2. The van der Waals surface area contributed by atoms with Gasteiger partial charge in [0.25, 0.3) is 23.6 Å². The molecule has 1 fully saturated rings. The lowest BCUT2D eigenvalue weighted by molar-refractivity contribution is -0.238. The van der Waals surface area contributed by atoms with Gasteiger partial charge in [-0.2, -0.15) is 0 Å². The first kappa shape index (κ1) is 28.6. The Morgan fingerprint density at radius 3 is 2.19 bits per heavy atom. The minimum atomic E-state index is -0.615. The third-order valence-corrected chi connectivity index (χ3v) is 5.69. The molecule has 2 atom stereocenters. The van der Waals surface area contributed by atoms with Crippen LogP contribution in [0, 0.1) is 0 Å². The fourth-order valence-electron chi connectivity index (χ4n) is 3.74. The van der Waals surface area contributed by atoms with Crippen molar-refractivity contribution in [2.45, 2.75) is 38.2 Å². The van der Waals surface area contributed by atoms with Crippen molar-refractivity contribution in [1.82, 2.24) is 20.4 Å². The van der Waals surface area contributed by atoms with Crippen LogP contribution in [0.15, 0.2) is 24.3 Å². The van der Waals surface area contributed by atoms with E-state index >= 15 is 0 Å². The van der Waals surface area contributed by atoms with Gasteiger partial charge >= 0.3 is 0 Å². The summed E-state index contributed by atoms with van der Waals surface area (Å²) in [7, 11) is 0. The van der Waals surface area contributed by atoms with Crippen molar-refractivity contribution >= 4 is 29.5 Å². The molecule has 0 aromatic carbocycles. The van der Waals surface area contributed by atoms with E-state index in [1.807, 2.05) is 0 Å². The zero-order chi connectivity index (χ0) is 26.5. The molecule has 0 bridgehead atoms. The molecule has 3 aliphatic heterocycles. The maximum Gasteiger partial charge on any atom is 0.253 e. The smallest absolute Gasteiger partial charge is 0.253 e. The zero-order valence-electron chi connectivity index (χ0n) is 20.7. The number of rotatable bonds is 17. The minimum Gasteiger partial charge on any atom is -0.379 e. The van der Waals surface area contributed by atoms with Crippen LogP contribution in [-0.4, -0.2) is 111 Å². The molecular weight excluding hydrogens is 488 g/mol. The molecule has 0 spiro atoms. The largest absolute Gasteiger partial charge is 0.379 e. The highest BCUT2D eigenvalue weighted by molar-refractivity contribution is 6.13. The second-order valence-corrected chi connectivity index (χ2v) is 8.50. The number of carbonyl (C=O) groups is 5. The summed E-state index contributed by atoms with van der Waals surface area (Å²) in [6.07, 6.45) is 5.78. The Morgan fingerprint density at radius 1 is 0.865 bits per heavy atom. The first-order chi connectivity index (χ1) is 17.9. The second kappa shape index (κ2) is 15.3. The van der Waals surface area contributed by atoms with Crippen molar-refractivity contribution in [3.05, 3.63) is 24.3 Å². The lowest BCUT2D eigenvalue weighted by atomic mass is 10.3. The second-order valence-electron chi connectivity index (χ2n) is 8.50. The zero-order valence-corrected chi connectivity index (χ0v) is 20.7. The molecule has 13 nitrogen and oxygen atoms in total. The Kier molecular flexibility index (Phi) is 11.8. The molecule has 3 aliphatic rings. The number of imide groups is 2. The standard InChI is InChI=1S/C24H34N4O9/c29-18(7-12-28-22(32)5-6-23(28)33)26-19-8-14-36-24(37-19)17-35-16-15-34-13-2-10-25-9-1-11-27-20(30)3-4-21(27)31/h3-6,19,24-25H,1-2,7-17H2,(H,26,29). The summed E-state index contributed by atoms with van der Waals surface area (Å²) < 4.78 is 22.2. The van der Waals surface area contributed by atoms with E-state index in [4.69, 9.17) is 18.9 Å². The summed E-state index contributed by atoms with van der Waals surface area (Å²) in [6, 6.07) is 0. The first-order valence-corrected chi connectivity index (χ1v) is 12.4. The molecular formula is C24H34N4O9.